The Bertz CT molecular complexity index is 960. The second-order valence-corrected chi connectivity index (χ2v) is 7.01. The van der Waals surface area contributed by atoms with Crippen LogP contribution in [-0.2, 0) is 10.0 Å². The lowest BCUT2D eigenvalue weighted by atomic mass is 10.2. The average molecular weight is 340 g/mol. The van der Waals surface area contributed by atoms with E-state index in [1.165, 1.54) is 31.2 Å². The molecule has 5 nitrogen and oxygen atoms in total. The molecule has 0 atom stereocenters. The molecule has 6 heteroatoms. The number of hydrogen-bond acceptors (Lipinski definition) is 3. The number of benzene rings is 2. The predicted molar refractivity (Wildman–Crippen MR) is 93.0 cm³/mol. The van der Waals surface area contributed by atoms with E-state index >= 15 is 0 Å². The smallest absolute Gasteiger partial charge is 0.261 e. The second kappa shape index (κ2) is 6.33. The molecular weight excluding hydrogens is 324 g/mol. The monoisotopic (exact) mass is 340 g/mol. The minimum absolute atomic E-state index is 0.105. The third-order valence-electron chi connectivity index (χ3n) is 3.57. The zero-order valence-electron chi connectivity index (χ0n) is 13.0. The Morgan fingerprint density at radius 3 is 2.25 bits per heavy atom. The van der Waals surface area contributed by atoms with Crippen LogP contribution in [0, 0.1) is 0 Å². The number of carbonyl (C=O) groups excluding carboxylic acids is 1. The highest BCUT2D eigenvalue weighted by Gasteiger charge is 2.15. The third kappa shape index (κ3) is 3.38. The minimum Gasteiger partial charge on any atom is -0.324 e. The average Bonchev–Trinajstić information content (AvgIpc) is 3.09. The van der Waals surface area contributed by atoms with Gasteiger partial charge in [-0.25, -0.2) is 8.42 Å². The fourth-order valence-corrected chi connectivity index (χ4v) is 3.37. The lowest BCUT2D eigenvalue weighted by molar-refractivity contribution is 0.101. The van der Waals surface area contributed by atoms with E-state index in [2.05, 4.69) is 4.72 Å². The highest BCUT2D eigenvalue weighted by Crippen LogP contribution is 2.19. The summed E-state index contributed by atoms with van der Waals surface area (Å²) < 4.78 is 29.4. The van der Waals surface area contributed by atoms with E-state index in [4.69, 9.17) is 0 Å². The molecule has 1 heterocycles. The van der Waals surface area contributed by atoms with Crippen LogP contribution in [0.3, 0.4) is 0 Å². The molecule has 0 saturated heterocycles. The van der Waals surface area contributed by atoms with E-state index < -0.39 is 10.0 Å². The van der Waals surface area contributed by atoms with Crippen molar-refractivity contribution < 1.29 is 13.2 Å². The number of aromatic nitrogens is 1. The number of hydrogen-bond donors (Lipinski definition) is 1. The summed E-state index contributed by atoms with van der Waals surface area (Å²) >= 11 is 0. The quantitative estimate of drug-likeness (QED) is 0.723. The molecule has 0 spiro atoms. The van der Waals surface area contributed by atoms with Gasteiger partial charge in [0.1, 0.15) is 0 Å². The Balaban J connectivity index is 1.87. The minimum atomic E-state index is -3.71. The van der Waals surface area contributed by atoms with Gasteiger partial charge in [-0.15, -0.1) is 0 Å². The van der Waals surface area contributed by atoms with Gasteiger partial charge in [0, 0.05) is 23.6 Å². The van der Waals surface area contributed by atoms with Crippen LogP contribution in [0.2, 0.25) is 0 Å². The first kappa shape index (κ1) is 16.0. The van der Waals surface area contributed by atoms with Gasteiger partial charge in [0.25, 0.3) is 10.0 Å². The number of nitrogens with one attached hydrogen (secondary N) is 1. The second-order valence-electron chi connectivity index (χ2n) is 5.33. The molecule has 1 N–H and O–H groups in total. The number of sulfonamides is 1. The van der Waals surface area contributed by atoms with Crippen LogP contribution in [0.25, 0.3) is 5.69 Å². The topological polar surface area (TPSA) is 68.2 Å². The molecule has 0 amide bonds. The molecule has 0 radical (unpaired) electrons. The summed E-state index contributed by atoms with van der Waals surface area (Å²) in [7, 11) is -3.71. The fourth-order valence-electron chi connectivity index (χ4n) is 2.32. The number of Topliss-reactive ketones (excluding diaryl/α,β-unsaturated/α-hetero) is 1. The summed E-state index contributed by atoms with van der Waals surface area (Å²) in [5.74, 6) is -0.105. The molecule has 0 aliphatic carbocycles. The molecule has 3 aromatic rings. The van der Waals surface area contributed by atoms with Crippen LogP contribution in [-0.4, -0.2) is 18.8 Å². The highest BCUT2D eigenvalue weighted by molar-refractivity contribution is 7.92. The largest absolute Gasteiger partial charge is 0.324 e. The molecule has 24 heavy (non-hydrogen) atoms. The van der Waals surface area contributed by atoms with Gasteiger partial charge < -0.3 is 4.57 Å². The maximum Gasteiger partial charge on any atom is 0.261 e. The predicted octanol–water partition coefficient (Wildman–Crippen LogP) is 3.48. The van der Waals surface area contributed by atoms with E-state index in [9.17, 15) is 13.2 Å². The van der Waals surface area contributed by atoms with Gasteiger partial charge in [-0.1, -0.05) is 18.2 Å². The van der Waals surface area contributed by atoms with Crippen LogP contribution >= 0.6 is 0 Å². The number of carbonyl (C=O) groups is 1. The first-order valence-electron chi connectivity index (χ1n) is 7.33. The summed E-state index contributed by atoms with van der Waals surface area (Å²) in [4.78, 5) is 11.4. The third-order valence-corrected chi connectivity index (χ3v) is 4.97. The van der Waals surface area contributed by atoms with Crippen molar-refractivity contribution in [1.82, 2.24) is 4.57 Å². The van der Waals surface area contributed by atoms with E-state index in [1.807, 2.05) is 35.2 Å². The van der Waals surface area contributed by atoms with Gasteiger partial charge in [-0.2, -0.15) is 0 Å². The molecule has 2 aromatic carbocycles. The summed E-state index contributed by atoms with van der Waals surface area (Å²) in [6, 6.07) is 16.8. The van der Waals surface area contributed by atoms with Crippen molar-refractivity contribution in [3.63, 3.8) is 0 Å². The van der Waals surface area contributed by atoms with Crippen LogP contribution in [0.4, 0.5) is 5.69 Å². The van der Waals surface area contributed by atoms with Crippen molar-refractivity contribution in [3.05, 3.63) is 78.6 Å². The molecule has 1 aromatic heterocycles. The zero-order chi connectivity index (χ0) is 17.2. The molecular formula is C18H16N2O3S. The molecule has 0 unspecified atom stereocenters. The molecule has 0 fully saturated rings. The van der Waals surface area contributed by atoms with Crippen molar-refractivity contribution in [3.8, 4) is 5.69 Å². The lowest BCUT2D eigenvalue weighted by Gasteiger charge is -2.10. The van der Waals surface area contributed by atoms with Gasteiger partial charge in [0.15, 0.2) is 5.78 Å². The van der Waals surface area contributed by atoms with E-state index in [1.54, 1.807) is 18.2 Å². The van der Waals surface area contributed by atoms with Gasteiger partial charge in [-0.05, 0) is 49.4 Å². The number of nitrogens with zero attached hydrogens (tertiary/aromatic N) is 1. The molecule has 0 saturated carbocycles. The normalized spacial score (nSPS) is 11.2. The fraction of sp³-hybridized carbons (Fsp3) is 0.0556. The molecule has 0 aliphatic heterocycles. The molecule has 0 aliphatic rings. The number of rotatable bonds is 5. The van der Waals surface area contributed by atoms with Crippen molar-refractivity contribution in [2.24, 2.45) is 0 Å². The van der Waals surface area contributed by atoms with Crippen molar-refractivity contribution in [1.29, 1.82) is 0 Å². The summed E-state index contributed by atoms with van der Waals surface area (Å²) in [6.45, 7) is 1.44. The lowest BCUT2D eigenvalue weighted by Crippen LogP contribution is -2.13. The van der Waals surface area contributed by atoms with Crippen LogP contribution < -0.4 is 4.72 Å². The van der Waals surface area contributed by atoms with Crippen molar-refractivity contribution >= 4 is 21.5 Å². The summed E-state index contributed by atoms with van der Waals surface area (Å²) in [5, 5.41) is 0. The Labute approximate surface area is 140 Å². The van der Waals surface area contributed by atoms with Gasteiger partial charge in [0.2, 0.25) is 0 Å². The Kier molecular flexibility index (Phi) is 4.22. The Hall–Kier alpha value is -2.86. The number of ketones is 1. The van der Waals surface area contributed by atoms with E-state index in [0.717, 1.165) is 5.69 Å². The highest BCUT2D eigenvalue weighted by atomic mass is 32.2. The van der Waals surface area contributed by atoms with Gasteiger partial charge in [0.05, 0.1) is 10.6 Å². The Morgan fingerprint density at radius 1 is 0.958 bits per heavy atom. The number of anilines is 1. The maximum atomic E-state index is 12.5. The van der Waals surface area contributed by atoms with E-state index in [-0.39, 0.29) is 10.7 Å². The maximum absolute atomic E-state index is 12.5. The van der Waals surface area contributed by atoms with Gasteiger partial charge in [-0.3, -0.25) is 9.52 Å². The molecule has 3 rings (SSSR count). The summed E-state index contributed by atoms with van der Waals surface area (Å²) in [6.07, 6.45) is 3.77. The van der Waals surface area contributed by atoms with Crippen LogP contribution in [0.1, 0.15) is 17.3 Å². The SMILES string of the molecule is CC(=O)c1ccc(S(=O)(=O)Nc2cccc(-n3cccc3)c2)cc1. The van der Waals surface area contributed by atoms with Gasteiger partial charge >= 0.3 is 0 Å². The van der Waals surface area contributed by atoms with Crippen LogP contribution in [0.15, 0.2) is 78.0 Å². The molecule has 122 valence electrons. The van der Waals surface area contributed by atoms with Crippen molar-refractivity contribution in [2.75, 3.05) is 4.72 Å². The van der Waals surface area contributed by atoms with E-state index in [0.29, 0.717) is 11.3 Å². The standard InChI is InChI=1S/C18H16N2O3S/c1-14(21)15-7-9-18(10-8-15)24(22,23)19-16-5-4-6-17(13-16)20-11-2-3-12-20/h2-13,19H,1H3. The zero-order valence-corrected chi connectivity index (χ0v) is 13.8. The molecule has 0 bridgehead atoms. The first-order chi connectivity index (χ1) is 11.5. The Morgan fingerprint density at radius 2 is 1.62 bits per heavy atom. The summed E-state index contributed by atoms with van der Waals surface area (Å²) in [5.41, 5.74) is 1.80. The first-order valence-corrected chi connectivity index (χ1v) is 8.81. The van der Waals surface area contributed by atoms with Crippen molar-refractivity contribution in [2.45, 2.75) is 11.8 Å². The van der Waals surface area contributed by atoms with Crippen LogP contribution in [0.5, 0.6) is 0 Å².